The van der Waals surface area contributed by atoms with Gasteiger partial charge in [-0.3, -0.25) is 14.9 Å². The average Bonchev–Trinajstić information content (AvgIpc) is 2.80. The first-order valence-corrected chi connectivity index (χ1v) is 8.45. The Balaban J connectivity index is 2.08. The summed E-state index contributed by atoms with van der Waals surface area (Å²) in [6.45, 7) is 3.80. The highest BCUT2D eigenvalue weighted by Gasteiger charge is 2.37. The first-order chi connectivity index (χ1) is 12.2. The van der Waals surface area contributed by atoms with E-state index in [1.54, 1.807) is 0 Å². The van der Waals surface area contributed by atoms with Gasteiger partial charge in [-0.25, -0.2) is 9.69 Å². The van der Waals surface area contributed by atoms with Crippen molar-refractivity contribution in [3.8, 4) is 0 Å². The molecule has 1 aromatic carbocycles. The van der Waals surface area contributed by atoms with Crippen molar-refractivity contribution < 1.29 is 14.4 Å². The van der Waals surface area contributed by atoms with E-state index in [0.29, 0.717) is 5.02 Å². The Kier molecular flexibility index (Phi) is 4.64. The number of urea groups is 1. The fraction of sp³-hybridized carbons (Fsp3) is 0.167. The molecule has 0 unspecified atom stereocenters. The number of amides is 4. The van der Waals surface area contributed by atoms with Crippen molar-refractivity contribution in [1.82, 2.24) is 9.88 Å². The van der Waals surface area contributed by atoms with Crippen molar-refractivity contribution in [2.45, 2.75) is 13.8 Å². The maximum Gasteiger partial charge on any atom is 0.335 e. The molecule has 0 atom stereocenters. The summed E-state index contributed by atoms with van der Waals surface area (Å²) in [5, 5.41) is 2.66. The van der Waals surface area contributed by atoms with Crippen LogP contribution >= 0.6 is 23.2 Å². The first kappa shape index (κ1) is 18.2. The Morgan fingerprint density at radius 2 is 1.77 bits per heavy atom. The van der Waals surface area contributed by atoms with Gasteiger partial charge >= 0.3 is 6.03 Å². The highest BCUT2D eigenvalue weighted by Crippen LogP contribution is 2.31. The van der Waals surface area contributed by atoms with Gasteiger partial charge < -0.3 is 4.57 Å². The molecule has 0 saturated carbocycles. The molecule has 4 amide bonds. The van der Waals surface area contributed by atoms with Crippen LogP contribution in [-0.4, -0.2) is 22.4 Å². The van der Waals surface area contributed by atoms with Gasteiger partial charge in [0.25, 0.3) is 11.8 Å². The molecule has 0 spiro atoms. The maximum atomic E-state index is 12.9. The zero-order chi connectivity index (χ0) is 19.2. The van der Waals surface area contributed by atoms with Gasteiger partial charge in [-0.05, 0) is 49.8 Å². The van der Waals surface area contributed by atoms with Crippen LogP contribution in [0.4, 0.5) is 10.5 Å². The lowest BCUT2D eigenvalue weighted by Gasteiger charge is -2.27. The van der Waals surface area contributed by atoms with Crippen molar-refractivity contribution in [3.63, 3.8) is 0 Å². The second-order valence-electron chi connectivity index (χ2n) is 5.94. The number of hydrogen-bond acceptors (Lipinski definition) is 3. The molecule has 2 heterocycles. The monoisotopic (exact) mass is 391 g/mol. The Hall–Kier alpha value is -2.57. The molecule has 3 rings (SSSR count). The minimum atomic E-state index is -0.859. The molecule has 6 nitrogen and oxygen atoms in total. The summed E-state index contributed by atoms with van der Waals surface area (Å²) in [7, 11) is 1.89. The molecule has 26 heavy (non-hydrogen) atoms. The molecular weight excluding hydrogens is 377 g/mol. The second-order valence-corrected chi connectivity index (χ2v) is 6.78. The van der Waals surface area contributed by atoms with Gasteiger partial charge in [0.1, 0.15) is 5.57 Å². The molecule has 2 aromatic rings. The van der Waals surface area contributed by atoms with Gasteiger partial charge in [-0.1, -0.05) is 23.2 Å². The van der Waals surface area contributed by atoms with Gasteiger partial charge in [0.05, 0.1) is 10.7 Å². The average molecular weight is 392 g/mol. The number of imide groups is 2. The van der Waals surface area contributed by atoms with Crippen LogP contribution in [0.5, 0.6) is 0 Å². The van der Waals surface area contributed by atoms with Crippen molar-refractivity contribution in [1.29, 1.82) is 0 Å². The smallest absolute Gasteiger partial charge is 0.335 e. The fourth-order valence-electron chi connectivity index (χ4n) is 2.72. The van der Waals surface area contributed by atoms with Crippen LogP contribution in [0.25, 0.3) is 6.08 Å². The van der Waals surface area contributed by atoms with E-state index in [-0.39, 0.29) is 16.3 Å². The second kappa shape index (κ2) is 6.63. The molecule has 0 bridgehead atoms. The lowest BCUT2D eigenvalue weighted by Crippen LogP contribution is -2.54. The summed E-state index contributed by atoms with van der Waals surface area (Å²) < 4.78 is 1.94. The maximum absolute atomic E-state index is 12.9. The van der Waals surface area contributed by atoms with Crippen LogP contribution in [0, 0.1) is 13.8 Å². The number of halogens is 2. The van der Waals surface area contributed by atoms with Crippen LogP contribution in [0.3, 0.4) is 0 Å². The van der Waals surface area contributed by atoms with E-state index in [1.165, 1.54) is 24.3 Å². The standard InChI is InChI=1S/C18H15Cl2N3O3/c1-9-6-11(10(2)22(9)3)7-13-16(24)21-18(26)23(17(13)25)15-5-4-12(19)8-14(15)20/h4-8H,1-3H3,(H,21,24,26)/b13-7+. The highest BCUT2D eigenvalue weighted by molar-refractivity contribution is 6.42. The predicted octanol–water partition coefficient (Wildman–Crippen LogP) is 3.62. The minimum absolute atomic E-state index is 0.126. The third kappa shape index (κ3) is 3.02. The Labute approximate surface area is 160 Å². The topological polar surface area (TPSA) is 71.4 Å². The number of nitrogens with zero attached hydrogens (tertiary/aromatic N) is 2. The molecule has 1 N–H and O–H groups in total. The number of aryl methyl sites for hydroxylation is 1. The molecule has 1 saturated heterocycles. The zero-order valence-corrected chi connectivity index (χ0v) is 15.8. The Morgan fingerprint density at radius 3 is 2.35 bits per heavy atom. The highest BCUT2D eigenvalue weighted by atomic mass is 35.5. The summed E-state index contributed by atoms with van der Waals surface area (Å²) in [5.41, 5.74) is 2.59. The number of barbiturate groups is 1. The van der Waals surface area contributed by atoms with E-state index in [4.69, 9.17) is 23.2 Å². The third-order valence-corrected chi connectivity index (χ3v) is 4.90. The summed E-state index contributed by atoms with van der Waals surface area (Å²) in [6, 6.07) is 5.38. The van der Waals surface area contributed by atoms with Gasteiger partial charge in [-0.2, -0.15) is 0 Å². The lowest BCUT2D eigenvalue weighted by atomic mass is 10.1. The van der Waals surface area contributed by atoms with Crippen molar-refractivity contribution in [2.24, 2.45) is 7.05 Å². The fourth-order valence-corrected chi connectivity index (χ4v) is 3.22. The van der Waals surface area contributed by atoms with E-state index in [9.17, 15) is 14.4 Å². The number of hydrogen-bond donors (Lipinski definition) is 1. The van der Waals surface area contributed by atoms with Crippen LogP contribution in [0.15, 0.2) is 29.8 Å². The zero-order valence-electron chi connectivity index (χ0n) is 14.3. The normalized spacial score (nSPS) is 16.4. The van der Waals surface area contributed by atoms with Gasteiger partial charge in [0.15, 0.2) is 0 Å². The minimum Gasteiger partial charge on any atom is -0.352 e. The molecule has 8 heteroatoms. The van der Waals surface area contributed by atoms with Gasteiger partial charge in [0, 0.05) is 23.5 Å². The van der Waals surface area contributed by atoms with Gasteiger partial charge in [-0.15, -0.1) is 0 Å². The van der Waals surface area contributed by atoms with E-state index in [2.05, 4.69) is 5.32 Å². The number of anilines is 1. The molecular formula is C18H15Cl2N3O3. The van der Waals surface area contributed by atoms with Crippen LogP contribution in [0.1, 0.15) is 17.0 Å². The first-order valence-electron chi connectivity index (χ1n) is 7.70. The van der Waals surface area contributed by atoms with Crippen molar-refractivity contribution in [3.05, 3.63) is 56.8 Å². The van der Waals surface area contributed by atoms with Crippen LogP contribution in [0.2, 0.25) is 10.0 Å². The number of nitrogens with one attached hydrogen (secondary N) is 1. The van der Waals surface area contributed by atoms with E-state index in [1.807, 2.05) is 31.5 Å². The van der Waals surface area contributed by atoms with Crippen molar-refractivity contribution in [2.75, 3.05) is 4.90 Å². The van der Waals surface area contributed by atoms with Crippen molar-refractivity contribution >= 4 is 52.8 Å². The third-order valence-electron chi connectivity index (χ3n) is 4.37. The molecule has 0 radical (unpaired) electrons. The van der Waals surface area contributed by atoms with Gasteiger partial charge in [0.2, 0.25) is 0 Å². The number of carbonyl (C=O) groups is 3. The SMILES string of the molecule is Cc1cc(/C=C2\C(=O)NC(=O)N(c3ccc(Cl)cc3Cl)C2=O)c(C)n1C. The quantitative estimate of drug-likeness (QED) is 0.627. The largest absolute Gasteiger partial charge is 0.352 e. The Morgan fingerprint density at radius 1 is 1.08 bits per heavy atom. The summed E-state index contributed by atoms with van der Waals surface area (Å²) in [4.78, 5) is 38.2. The van der Waals surface area contributed by atoms with E-state index < -0.39 is 17.8 Å². The van der Waals surface area contributed by atoms with Crippen LogP contribution in [-0.2, 0) is 16.6 Å². The number of rotatable bonds is 2. The van der Waals surface area contributed by atoms with Crippen LogP contribution < -0.4 is 10.2 Å². The molecule has 1 aromatic heterocycles. The molecule has 1 fully saturated rings. The van der Waals surface area contributed by atoms with E-state index >= 15 is 0 Å². The lowest BCUT2D eigenvalue weighted by molar-refractivity contribution is -0.122. The number of carbonyl (C=O) groups excluding carboxylic acids is 3. The number of aromatic nitrogens is 1. The molecule has 1 aliphatic rings. The molecule has 134 valence electrons. The Bertz CT molecular complexity index is 992. The predicted molar refractivity (Wildman–Crippen MR) is 100 cm³/mol. The number of benzene rings is 1. The molecule has 1 aliphatic heterocycles. The molecule has 0 aliphatic carbocycles. The van der Waals surface area contributed by atoms with E-state index in [0.717, 1.165) is 21.9 Å². The summed E-state index contributed by atoms with van der Waals surface area (Å²) in [6.07, 6.45) is 1.48. The summed E-state index contributed by atoms with van der Waals surface area (Å²) in [5.74, 6) is -1.49. The summed E-state index contributed by atoms with van der Waals surface area (Å²) >= 11 is 12.0.